The monoisotopic (exact) mass is 268 g/mol. The van der Waals surface area contributed by atoms with Crippen LogP contribution in [0.1, 0.15) is 17.7 Å². The molecule has 1 aromatic rings. The molecule has 0 spiro atoms. The molecule has 3 atom stereocenters. The summed E-state index contributed by atoms with van der Waals surface area (Å²) in [6, 6.07) is 4.23. The van der Waals surface area contributed by atoms with Crippen LogP contribution in [0.15, 0.2) is 17.5 Å². The first kappa shape index (κ1) is 12.8. The standard InChI is InChI=1S/C13H20O2SSi/c1-5-15-13(14)11-10(9-7-6-8-16-9)12(11)17(2,3)4/h6-8,10-12H,5H2,1-4H3/t10-,11-,12?/m0/s1. The number of ether oxygens (including phenoxy) is 1. The number of thiophene rings is 1. The van der Waals surface area contributed by atoms with Crippen LogP contribution in [0.3, 0.4) is 0 Å². The quantitative estimate of drug-likeness (QED) is 0.614. The summed E-state index contributed by atoms with van der Waals surface area (Å²) in [7, 11) is -1.29. The van der Waals surface area contributed by atoms with Crippen molar-refractivity contribution in [3.05, 3.63) is 22.4 Å². The van der Waals surface area contributed by atoms with Crippen molar-refractivity contribution in [2.75, 3.05) is 6.61 Å². The van der Waals surface area contributed by atoms with E-state index in [0.717, 1.165) is 0 Å². The molecule has 0 N–H and O–H groups in total. The fourth-order valence-electron chi connectivity index (χ4n) is 2.75. The van der Waals surface area contributed by atoms with E-state index in [1.54, 1.807) is 11.3 Å². The molecular weight excluding hydrogens is 248 g/mol. The van der Waals surface area contributed by atoms with Crippen LogP contribution in [0.5, 0.6) is 0 Å². The van der Waals surface area contributed by atoms with Gasteiger partial charge in [-0.1, -0.05) is 25.7 Å². The smallest absolute Gasteiger partial charge is 0.309 e. The van der Waals surface area contributed by atoms with E-state index in [2.05, 4.69) is 37.2 Å². The van der Waals surface area contributed by atoms with Gasteiger partial charge in [-0.2, -0.15) is 0 Å². The molecule has 0 saturated heterocycles. The maximum atomic E-state index is 12.0. The van der Waals surface area contributed by atoms with Crippen molar-refractivity contribution in [3.8, 4) is 0 Å². The molecule has 1 unspecified atom stereocenters. The molecule has 94 valence electrons. The molecule has 2 nitrogen and oxygen atoms in total. The first-order valence-electron chi connectivity index (χ1n) is 6.17. The van der Waals surface area contributed by atoms with Crippen LogP contribution in [-0.4, -0.2) is 20.7 Å². The number of hydrogen-bond acceptors (Lipinski definition) is 3. The molecule has 4 heteroatoms. The maximum Gasteiger partial charge on any atom is 0.309 e. The van der Waals surface area contributed by atoms with Crippen LogP contribution in [0.25, 0.3) is 0 Å². The summed E-state index contributed by atoms with van der Waals surface area (Å²) in [4.78, 5) is 13.3. The first-order chi connectivity index (χ1) is 7.96. The highest BCUT2D eigenvalue weighted by molar-refractivity contribution is 7.10. The average molecular weight is 268 g/mol. The predicted molar refractivity (Wildman–Crippen MR) is 74.3 cm³/mol. The van der Waals surface area contributed by atoms with Crippen LogP contribution in [-0.2, 0) is 9.53 Å². The Morgan fingerprint density at radius 2 is 2.18 bits per heavy atom. The molecule has 17 heavy (non-hydrogen) atoms. The van der Waals surface area contributed by atoms with Gasteiger partial charge in [0, 0.05) is 18.9 Å². The fourth-order valence-corrected chi connectivity index (χ4v) is 6.57. The Bertz CT molecular complexity index is 394. The normalized spacial score (nSPS) is 27.9. The van der Waals surface area contributed by atoms with Crippen molar-refractivity contribution < 1.29 is 9.53 Å². The molecule has 2 rings (SSSR count). The minimum absolute atomic E-state index is 0.0123. The molecule has 1 saturated carbocycles. The Hall–Kier alpha value is -0.613. The van der Waals surface area contributed by atoms with E-state index >= 15 is 0 Å². The maximum absolute atomic E-state index is 12.0. The second-order valence-electron chi connectivity index (χ2n) is 5.71. The molecule has 0 aliphatic heterocycles. The molecule has 0 radical (unpaired) electrons. The molecular formula is C13H20O2SSi. The Labute approximate surface area is 108 Å². The van der Waals surface area contributed by atoms with Crippen LogP contribution in [0, 0.1) is 5.92 Å². The van der Waals surface area contributed by atoms with Gasteiger partial charge in [0.05, 0.1) is 12.5 Å². The molecule has 0 aromatic carbocycles. The first-order valence-corrected chi connectivity index (χ1v) is 10.6. The summed E-state index contributed by atoms with van der Waals surface area (Å²) in [6.07, 6.45) is 0. The molecule has 0 bridgehead atoms. The van der Waals surface area contributed by atoms with E-state index in [-0.39, 0.29) is 11.9 Å². The zero-order valence-electron chi connectivity index (χ0n) is 10.9. The van der Waals surface area contributed by atoms with Crippen molar-refractivity contribution in [1.82, 2.24) is 0 Å². The van der Waals surface area contributed by atoms with Crippen molar-refractivity contribution >= 4 is 25.4 Å². The summed E-state index contributed by atoms with van der Waals surface area (Å²) < 4.78 is 5.21. The van der Waals surface area contributed by atoms with Gasteiger partial charge in [0.25, 0.3) is 0 Å². The number of hydrogen-bond donors (Lipinski definition) is 0. The van der Waals surface area contributed by atoms with E-state index in [1.165, 1.54) is 4.88 Å². The summed E-state index contributed by atoms with van der Waals surface area (Å²) in [5.41, 5.74) is 0.556. The van der Waals surface area contributed by atoms with Gasteiger partial charge in [-0.15, -0.1) is 11.3 Å². The lowest BCUT2D eigenvalue weighted by atomic mass is 10.3. The van der Waals surface area contributed by atoms with E-state index in [0.29, 0.717) is 18.1 Å². The van der Waals surface area contributed by atoms with E-state index in [9.17, 15) is 4.79 Å². The molecule has 0 amide bonds. The lowest BCUT2D eigenvalue weighted by Gasteiger charge is -2.15. The van der Waals surface area contributed by atoms with Crippen LogP contribution >= 0.6 is 11.3 Å². The number of esters is 1. The molecule has 1 aliphatic rings. The van der Waals surface area contributed by atoms with Gasteiger partial charge in [-0.25, -0.2) is 0 Å². The minimum Gasteiger partial charge on any atom is -0.466 e. The second-order valence-corrected chi connectivity index (χ2v) is 12.1. The van der Waals surface area contributed by atoms with Gasteiger partial charge >= 0.3 is 5.97 Å². The lowest BCUT2D eigenvalue weighted by Crippen LogP contribution is -2.23. The van der Waals surface area contributed by atoms with Gasteiger partial charge < -0.3 is 4.74 Å². The van der Waals surface area contributed by atoms with Crippen LogP contribution < -0.4 is 0 Å². The minimum atomic E-state index is -1.29. The van der Waals surface area contributed by atoms with Gasteiger partial charge in [-0.05, 0) is 23.9 Å². The number of carbonyl (C=O) groups excluding carboxylic acids is 1. The number of rotatable bonds is 4. The van der Waals surface area contributed by atoms with Crippen molar-refractivity contribution in [1.29, 1.82) is 0 Å². The van der Waals surface area contributed by atoms with E-state index < -0.39 is 8.07 Å². The highest BCUT2D eigenvalue weighted by Crippen LogP contribution is 2.64. The summed E-state index contributed by atoms with van der Waals surface area (Å²) in [5, 5.41) is 2.09. The molecule has 1 aliphatic carbocycles. The van der Waals surface area contributed by atoms with Crippen molar-refractivity contribution in [2.45, 2.75) is 38.0 Å². The molecule has 1 aromatic heterocycles. The Morgan fingerprint density at radius 1 is 1.47 bits per heavy atom. The van der Waals surface area contributed by atoms with E-state index in [4.69, 9.17) is 4.74 Å². The van der Waals surface area contributed by atoms with Crippen LogP contribution in [0.2, 0.25) is 25.2 Å². The molecule has 1 heterocycles. The highest BCUT2D eigenvalue weighted by Gasteiger charge is 2.61. The SMILES string of the molecule is CCOC(=O)[C@@H]1C([Si](C)(C)C)[C@H]1c1cccs1. The van der Waals surface area contributed by atoms with Crippen LogP contribution in [0.4, 0.5) is 0 Å². The summed E-state index contributed by atoms with van der Waals surface area (Å²) in [5.74, 6) is 0.569. The Morgan fingerprint density at radius 3 is 2.65 bits per heavy atom. The van der Waals surface area contributed by atoms with Gasteiger partial charge in [0.2, 0.25) is 0 Å². The van der Waals surface area contributed by atoms with Gasteiger partial charge in [0.1, 0.15) is 0 Å². The van der Waals surface area contributed by atoms with Gasteiger partial charge in [0.15, 0.2) is 0 Å². The lowest BCUT2D eigenvalue weighted by molar-refractivity contribution is -0.144. The largest absolute Gasteiger partial charge is 0.466 e. The molecule has 1 fully saturated rings. The van der Waals surface area contributed by atoms with Crippen molar-refractivity contribution in [2.24, 2.45) is 5.92 Å². The third-order valence-electron chi connectivity index (χ3n) is 3.45. The van der Waals surface area contributed by atoms with Crippen molar-refractivity contribution in [3.63, 3.8) is 0 Å². The van der Waals surface area contributed by atoms with E-state index in [1.807, 2.05) is 6.92 Å². The Kier molecular flexibility index (Phi) is 3.45. The van der Waals surface area contributed by atoms with Gasteiger partial charge in [-0.3, -0.25) is 4.79 Å². The zero-order chi connectivity index (χ0) is 12.6. The summed E-state index contributed by atoms with van der Waals surface area (Å²) in [6.45, 7) is 9.40. The Balaban J connectivity index is 2.18. The zero-order valence-corrected chi connectivity index (χ0v) is 12.7. The second kappa shape index (κ2) is 4.57. The third-order valence-corrected chi connectivity index (χ3v) is 7.14. The average Bonchev–Trinajstić information content (AvgIpc) is 2.77. The topological polar surface area (TPSA) is 26.3 Å². The highest BCUT2D eigenvalue weighted by atomic mass is 32.1. The number of carbonyl (C=O) groups is 1. The fraction of sp³-hybridized carbons (Fsp3) is 0.615. The third kappa shape index (κ3) is 2.47. The summed E-state index contributed by atoms with van der Waals surface area (Å²) >= 11 is 1.77. The predicted octanol–water partition coefficient (Wildman–Crippen LogP) is 3.73.